The van der Waals surface area contributed by atoms with Gasteiger partial charge >= 0.3 is 12.0 Å². The Morgan fingerprint density at radius 3 is 2.60 bits per heavy atom. The van der Waals surface area contributed by atoms with Crippen LogP contribution in [0.3, 0.4) is 0 Å². The SMILES string of the molecule is C[C@@H](NCC1CCN(C(=O)Nc2ccc(C(=O)O)cc2Cl)CC1c1cccc(F)c1)c1cccc2ccccc12. The second-order valence-corrected chi connectivity index (χ2v) is 10.7. The summed E-state index contributed by atoms with van der Waals surface area (Å²) in [5.41, 5.74) is 2.46. The zero-order valence-electron chi connectivity index (χ0n) is 22.1. The maximum absolute atomic E-state index is 14.2. The van der Waals surface area contributed by atoms with E-state index in [1.54, 1.807) is 17.0 Å². The molecular formula is C32H31ClFN3O3. The molecule has 0 aromatic heterocycles. The van der Waals surface area contributed by atoms with Gasteiger partial charge in [0.25, 0.3) is 0 Å². The lowest BCUT2D eigenvalue weighted by Crippen LogP contribution is -2.47. The van der Waals surface area contributed by atoms with Crippen LogP contribution in [0.15, 0.2) is 84.9 Å². The molecule has 1 saturated heterocycles. The fourth-order valence-electron chi connectivity index (χ4n) is 5.55. The summed E-state index contributed by atoms with van der Waals surface area (Å²) >= 11 is 6.23. The number of likely N-dealkylation sites (tertiary alicyclic amines) is 1. The maximum Gasteiger partial charge on any atom is 0.335 e. The van der Waals surface area contributed by atoms with Gasteiger partial charge < -0.3 is 20.6 Å². The Morgan fingerprint density at radius 2 is 1.82 bits per heavy atom. The molecule has 4 aromatic rings. The van der Waals surface area contributed by atoms with Crippen LogP contribution in [0, 0.1) is 11.7 Å². The Labute approximate surface area is 237 Å². The number of hydrogen-bond donors (Lipinski definition) is 3. The van der Waals surface area contributed by atoms with Crippen LogP contribution >= 0.6 is 11.6 Å². The van der Waals surface area contributed by atoms with Gasteiger partial charge in [0, 0.05) is 25.0 Å². The average molecular weight is 560 g/mol. The minimum absolute atomic E-state index is 0.0419. The predicted molar refractivity (Wildman–Crippen MR) is 157 cm³/mol. The van der Waals surface area contributed by atoms with Crippen LogP contribution in [0.5, 0.6) is 0 Å². The van der Waals surface area contributed by atoms with Gasteiger partial charge in [0.2, 0.25) is 0 Å². The fourth-order valence-corrected chi connectivity index (χ4v) is 5.78. The van der Waals surface area contributed by atoms with Gasteiger partial charge in [-0.3, -0.25) is 0 Å². The van der Waals surface area contributed by atoms with E-state index in [9.17, 15) is 19.1 Å². The van der Waals surface area contributed by atoms with Crippen molar-refractivity contribution in [3.8, 4) is 0 Å². The highest BCUT2D eigenvalue weighted by atomic mass is 35.5. The number of halogens is 2. The molecule has 40 heavy (non-hydrogen) atoms. The normalized spacial score (nSPS) is 17.9. The average Bonchev–Trinajstić information content (AvgIpc) is 2.96. The van der Waals surface area contributed by atoms with Crippen LogP contribution in [0.1, 0.15) is 46.8 Å². The van der Waals surface area contributed by atoms with E-state index in [4.69, 9.17) is 11.6 Å². The second-order valence-electron chi connectivity index (χ2n) is 10.3. The Balaban J connectivity index is 1.31. The number of anilines is 1. The molecule has 206 valence electrons. The molecule has 0 radical (unpaired) electrons. The molecular weight excluding hydrogens is 529 g/mol. The van der Waals surface area contributed by atoms with Crippen molar-refractivity contribution in [1.29, 1.82) is 0 Å². The largest absolute Gasteiger partial charge is 0.478 e. The van der Waals surface area contributed by atoms with Crippen LogP contribution in [0.25, 0.3) is 10.8 Å². The Bertz CT molecular complexity index is 1540. The number of amides is 2. The van der Waals surface area contributed by atoms with E-state index in [0.29, 0.717) is 25.3 Å². The first-order valence-corrected chi connectivity index (χ1v) is 13.7. The molecule has 1 fully saturated rings. The topological polar surface area (TPSA) is 81.7 Å². The summed E-state index contributed by atoms with van der Waals surface area (Å²) in [4.78, 5) is 26.1. The standard InChI is InChI=1S/C32H31ClFN3O3/c1-20(26-11-5-7-21-6-2-3-10-27(21)26)35-18-24-14-15-37(19-28(24)22-8-4-9-25(34)16-22)32(40)36-30-13-12-23(31(38)39)17-29(30)33/h2-13,16-17,20,24,28,35H,14-15,18-19H2,1H3,(H,36,40)(H,38,39)/t20-,24?,28?/m1/s1. The van der Waals surface area contributed by atoms with Crippen LogP contribution in [0.4, 0.5) is 14.9 Å². The van der Waals surface area contributed by atoms with Crippen LogP contribution in [0.2, 0.25) is 5.02 Å². The molecule has 2 amide bonds. The molecule has 4 aromatic carbocycles. The van der Waals surface area contributed by atoms with Crippen molar-refractivity contribution >= 4 is 40.1 Å². The van der Waals surface area contributed by atoms with Gasteiger partial charge in [-0.25, -0.2) is 14.0 Å². The number of carboxylic acids is 1. The molecule has 8 heteroatoms. The number of rotatable bonds is 7. The lowest BCUT2D eigenvalue weighted by molar-refractivity contribution is 0.0697. The molecule has 5 rings (SSSR count). The van der Waals surface area contributed by atoms with Gasteiger partial charge in [0.05, 0.1) is 16.3 Å². The summed E-state index contributed by atoms with van der Waals surface area (Å²) in [7, 11) is 0. The quantitative estimate of drug-likeness (QED) is 0.221. The van der Waals surface area contributed by atoms with Crippen LogP contribution < -0.4 is 10.6 Å². The van der Waals surface area contributed by atoms with Gasteiger partial charge in [-0.1, -0.05) is 66.2 Å². The number of nitrogens with zero attached hydrogens (tertiary/aromatic N) is 1. The van der Waals surface area contributed by atoms with Crippen molar-refractivity contribution in [2.75, 3.05) is 25.0 Å². The number of piperidine rings is 1. The monoisotopic (exact) mass is 559 g/mol. The number of hydrogen-bond acceptors (Lipinski definition) is 3. The van der Waals surface area contributed by atoms with Gasteiger partial charge in [-0.15, -0.1) is 0 Å². The van der Waals surface area contributed by atoms with Gasteiger partial charge in [0.1, 0.15) is 5.82 Å². The third-order valence-corrected chi connectivity index (χ3v) is 8.07. The Morgan fingerprint density at radius 1 is 1.05 bits per heavy atom. The first kappa shape index (κ1) is 27.6. The highest BCUT2D eigenvalue weighted by molar-refractivity contribution is 6.34. The van der Waals surface area contributed by atoms with E-state index in [-0.39, 0.29) is 40.3 Å². The molecule has 6 nitrogen and oxygen atoms in total. The maximum atomic E-state index is 14.2. The van der Waals surface area contributed by atoms with Crippen molar-refractivity contribution in [2.24, 2.45) is 5.92 Å². The lowest BCUT2D eigenvalue weighted by atomic mass is 9.80. The lowest BCUT2D eigenvalue weighted by Gasteiger charge is -2.39. The highest BCUT2D eigenvalue weighted by Crippen LogP contribution is 2.34. The van der Waals surface area contributed by atoms with Crippen molar-refractivity contribution in [3.05, 3.63) is 112 Å². The molecule has 1 aliphatic rings. The second kappa shape index (κ2) is 12.1. The van der Waals surface area contributed by atoms with E-state index in [2.05, 4.69) is 47.9 Å². The minimum atomic E-state index is -1.09. The van der Waals surface area contributed by atoms with E-state index >= 15 is 0 Å². The van der Waals surface area contributed by atoms with Crippen LogP contribution in [-0.2, 0) is 0 Å². The summed E-state index contributed by atoms with van der Waals surface area (Å²) in [5.74, 6) is -1.29. The Hall–Kier alpha value is -3.94. The zero-order chi connectivity index (χ0) is 28.2. The summed E-state index contributed by atoms with van der Waals surface area (Å²) in [6.07, 6.45) is 0.732. The number of aromatic carboxylic acids is 1. The molecule has 0 aliphatic carbocycles. The molecule has 3 atom stereocenters. The summed E-state index contributed by atoms with van der Waals surface area (Å²) < 4.78 is 14.2. The smallest absolute Gasteiger partial charge is 0.335 e. The number of nitrogens with one attached hydrogen (secondary N) is 2. The number of carbonyl (C=O) groups excluding carboxylic acids is 1. The van der Waals surface area contributed by atoms with Crippen molar-refractivity contribution in [1.82, 2.24) is 10.2 Å². The molecule has 0 bridgehead atoms. The number of urea groups is 1. The molecule has 3 N–H and O–H groups in total. The highest BCUT2D eigenvalue weighted by Gasteiger charge is 2.33. The third-order valence-electron chi connectivity index (χ3n) is 7.75. The molecule has 0 saturated carbocycles. The molecule has 2 unspecified atom stereocenters. The summed E-state index contributed by atoms with van der Waals surface area (Å²) in [6, 6.07) is 25.2. The summed E-state index contributed by atoms with van der Waals surface area (Å²) in [6.45, 7) is 3.80. The van der Waals surface area contributed by atoms with E-state index < -0.39 is 5.97 Å². The van der Waals surface area contributed by atoms with Gasteiger partial charge in [0.15, 0.2) is 0 Å². The molecule has 1 heterocycles. The fraction of sp³-hybridized carbons (Fsp3) is 0.250. The van der Waals surface area contributed by atoms with Crippen molar-refractivity contribution < 1.29 is 19.1 Å². The van der Waals surface area contributed by atoms with Gasteiger partial charge in [-0.05, 0) is 78.0 Å². The zero-order valence-corrected chi connectivity index (χ0v) is 22.9. The number of fused-ring (bicyclic) bond motifs is 1. The minimum Gasteiger partial charge on any atom is -0.478 e. The number of carbonyl (C=O) groups is 2. The van der Waals surface area contributed by atoms with Gasteiger partial charge in [-0.2, -0.15) is 0 Å². The third kappa shape index (κ3) is 6.11. The summed E-state index contributed by atoms with van der Waals surface area (Å²) in [5, 5.41) is 18.2. The number of carboxylic acid groups (broad SMARTS) is 1. The first-order chi connectivity index (χ1) is 19.3. The van der Waals surface area contributed by atoms with Crippen LogP contribution in [-0.4, -0.2) is 41.6 Å². The van der Waals surface area contributed by atoms with E-state index in [1.807, 2.05) is 18.2 Å². The molecule has 1 aliphatic heterocycles. The molecule has 0 spiro atoms. The Kier molecular flexibility index (Phi) is 8.33. The first-order valence-electron chi connectivity index (χ1n) is 13.4. The van der Waals surface area contributed by atoms with Crippen molar-refractivity contribution in [2.45, 2.75) is 25.3 Å². The van der Waals surface area contributed by atoms with E-state index in [1.165, 1.54) is 40.6 Å². The number of benzene rings is 4. The predicted octanol–water partition coefficient (Wildman–Crippen LogP) is 7.32. The van der Waals surface area contributed by atoms with E-state index in [0.717, 1.165) is 12.0 Å². The van der Waals surface area contributed by atoms with Crippen molar-refractivity contribution in [3.63, 3.8) is 0 Å².